The van der Waals surface area contributed by atoms with E-state index in [9.17, 15) is 4.79 Å². The highest BCUT2D eigenvalue weighted by Crippen LogP contribution is 2.16. The molecular weight excluding hydrogens is 200 g/mol. The third-order valence-corrected chi connectivity index (χ3v) is 3.42. The fourth-order valence-corrected chi connectivity index (χ4v) is 2.17. The van der Waals surface area contributed by atoms with E-state index in [0.29, 0.717) is 17.9 Å². The molecule has 3 heteroatoms. The Bertz CT molecular complexity index is 228. The smallest absolute Gasteiger partial charge is 0.224 e. The third kappa shape index (κ3) is 4.12. The van der Waals surface area contributed by atoms with E-state index in [1.165, 1.54) is 6.42 Å². The second-order valence-corrected chi connectivity index (χ2v) is 5.62. The maximum absolute atomic E-state index is 12.0. The fourth-order valence-electron chi connectivity index (χ4n) is 2.17. The van der Waals surface area contributed by atoms with Gasteiger partial charge in [0.2, 0.25) is 5.91 Å². The van der Waals surface area contributed by atoms with Crippen molar-refractivity contribution < 1.29 is 4.79 Å². The highest BCUT2D eigenvalue weighted by atomic mass is 16.2. The minimum atomic E-state index is 0.168. The summed E-state index contributed by atoms with van der Waals surface area (Å²) in [6.07, 6.45) is 2.26. The molecule has 1 amide bonds. The Morgan fingerprint density at radius 3 is 2.50 bits per heavy atom. The van der Waals surface area contributed by atoms with Crippen LogP contribution in [0.4, 0.5) is 0 Å². The van der Waals surface area contributed by atoms with Gasteiger partial charge in [-0.25, -0.2) is 0 Å². The van der Waals surface area contributed by atoms with E-state index >= 15 is 0 Å². The summed E-state index contributed by atoms with van der Waals surface area (Å²) in [6, 6.07) is 0.308. The molecule has 3 atom stereocenters. The maximum Gasteiger partial charge on any atom is 0.224 e. The van der Waals surface area contributed by atoms with Crippen LogP contribution in [0.1, 0.15) is 40.5 Å². The molecule has 1 saturated heterocycles. The van der Waals surface area contributed by atoms with E-state index in [-0.39, 0.29) is 11.8 Å². The Hall–Kier alpha value is -0.570. The number of hydrogen-bond acceptors (Lipinski definition) is 2. The zero-order chi connectivity index (χ0) is 12.1. The summed E-state index contributed by atoms with van der Waals surface area (Å²) < 4.78 is 0. The molecule has 0 bridgehead atoms. The Morgan fingerprint density at radius 1 is 1.31 bits per heavy atom. The van der Waals surface area contributed by atoms with Gasteiger partial charge in [0.25, 0.3) is 0 Å². The quantitative estimate of drug-likeness (QED) is 0.750. The van der Waals surface area contributed by atoms with Crippen LogP contribution < -0.4 is 10.6 Å². The van der Waals surface area contributed by atoms with Crippen molar-refractivity contribution in [2.45, 2.75) is 46.6 Å². The predicted octanol–water partition coefficient (Wildman–Crippen LogP) is 1.78. The highest BCUT2D eigenvalue weighted by molar-refractivity contribution is 5.79. The van der Waals surface area contributed by atoms with Crippen LogP contribution >= 0.6 is 0 Å². The Morgan fingerprint density at radius 2 is 2.00 bits per heavy atom. The summed E-state index contributed by atoms with van der Waals surface area (Å²) in [5.74, 6) is 1.58. The van der Waals surface area contributed by atoms with Crippen molar-refractivity contribution in [3.05, 3.63) is 0 Å². The lowest BCUT2D eigenvalue weighted by Gasteiger charge is -2.19. The number of carbonyl (C=O) groups excluding carboxylic acids is 1. The van der Waals surface area contributed by atoms with E-state index in [0.717, 1.165) is 19.5 Å². The molecule has 0 spiro atoms. The standard InChI is InChI=1S/C13H26N2O/c1-9(2)5-6-11(4)15-13(16)12-8-14-7-10(12)3/h9-12,14H,5-8H2,1-4H3,(H,15,16)/t10-,11?,12-/m1/s1. The van der Waals surface area contributed by atoms with Gasteiger partial charge in [-0.05, 0) is 38.1 Å². The van der Waals surface area contributed by atoms with Crippen LogP contribution in [0.3, 0.4) is 0 Å². The number of hydrogen-bond donors (Lipinski definition) is 2. The molecule has 3 nitrogen and oxygen atoms in total. The molecule has 2 N–H and O–H groups in total. The first-order chi connectivity index (χ1) is 7.50. The molecule has 1 aliphatic heterocycles. The van der Waals surface area contributed by atoms with Gasteiger partial charge < -0.3 is 10.6 Å². The fraction of sp³-hybridized carbons (Fsp3) is 0.923. The monoisotopic (exact) mass is 226 g/mol. The van der Waals surface area contributed by atoms with Crippen molar-refractivity contribution in [1.82, 2.24) is 10.6 Å². The van der Waals surface area contributed by atoms with Crippen molar-refractivity contribution in [3.63, 3.8) is 0 Å². The zero-order valence-electron chi connectivity index (χ0n) is 11.0. The van der Waals surface area contributed by atoms with Crippen LogP contribution in [0.2, 0.25) is 0 Å². The van der Waals surface area contributed by atoms with E-state index in [2.05, 4.69) is 38.3 Å². The Balaban J connectivity index is 2.27. The Labute approximate surface area is 99.4 Å². The summed E-state index contributed by atoms with van der Waals surface area (Å²) in [5, 5.41) is 6.39. The second kappa shape index (κ2) is 6.24. The molecular formula is C13H26N2O. The van der Waals surface area contributed by atoms with Crippen LogP contribution in [0.15, 0.2) is 0 Å². The average molecular weight is 226 g/mol. The normalized spacial score (nSPS) is 27.1. The summed E-state index contributed by atoms with van der Waals surface area (Å²) >= 11 is 0. The summed E-state index contributed by atoms with van der Waals surface area (Å²) in [4.78, 5) is 12.0. The molecule has 0 saturated carbocycles. The van der Waals surface area contributed by atoms with Crippen molar-refractivity contribution >= 4 is 5.91 Å². The van der Waals surface area contributed by atoms with Crippen molar-refractivity contribution in [1.29, 1.82) is 0 Å². The van der Waals surface area contributed by atoms with Crippen LogP contribution in [0, 0.1) is 17.8 Å². The molecule has 0 aromatic rings. The molecule has 0 aromatic heterocycles. The van der Waals surface area contributed by atoms with Crippen molar-refractivity contribution in [2.75, 3.05) is 13.1 Å². The van der Waals surface area contributed by atoms with Gasteiger partial charge >= 0.3 is 0 Å². The molecule has 16 heavy (non-hydrogen) atoms. The van der Waals surface area contributed by atoms with E-state index in [1.54, 1.807) is 0 Å². The second-order valence-electron chi connectivity index (χ2n) is 5.62. The van der Waals surface area contributed by atoms with Gasteiger partial charge in [0, 0.05) is 12.6 Å². The third-order valence-electron chi connectivity index (χ3n) is 3.42. The molecule has 1 aliphatic rings. The average Bonchev–Trinajstić information content (AvgIpc) is 2.61. The molecule has 1 heterocycles. The predicted molar refractivity (Wildman–Crippen MR) is 67.2 cm³/mol. The van der Waals surface area contributed by atoms with E-state index < -0.39 is 0 Å². The summed E-state index contributed by atoms with van der Waals surface area (Å²) in [6.45, 7) is 10.5. The molecule has 0 aliphatic carbocycles. The van der Waals surface area contributed by atoms with Crippen molar-refractivity contribution in [2.24, 2.45) is 17.8 Å². The maximum atomic E-state index is 12.0. The molecule has 1 rings (SSSR count). The van der Waals surface area contributed by atoms with Gasteiger partial charge in [-0.15, -0.1) is 0 Å². The van der Waals surface area contributed by atoms with E-state index in [1.807, 2.05) is 0 Å². The van der Waals surface area contributed by atoms with Gasteiger partial charge in [0.15, 0.2) is 0 Å². The first kappa shape index (κ1) is 13.5. The molecule has 1 unspecified atom stereocenters. The van der Waals surface area contributed by atoms with Gasteiger partial charge in [-0.2, -0.15) is 0 Å². The lowest BCUT2D eigenvalue weighted by Crippen LogP contribution is -2.39. The molecule has 0 aromatic carbocycles. The van der Waals surface area contributed by atoms with Gasteiger partial charge in [-0.3, -0.25) is 4.79 Å². The van der Waals surface area contributed by atoms with Gasteiger partial charge in [-0.1, -0.05) is 20.8 Å². The number of carbonyl (C=O) groups is 1. The largest absolute Gasteiger partial charge is 0.353 e. The summed E-state index contributed by atoms with van der Waals surface area (Å²) in [7, 11) is 0. The minimum absolute atomic E-state index is 0.168. The number of amides is 1. The SMILES string of the molecule is CC(C)CCC(C)NC(=O)[C@@H]1CNC[C@H]1C. The highest BCUT2D eigenvalue weighted by Gasteiger charge is 2.29. The van der Waals surface area contributed by atoms with E-state index in [4.69, 9.17) is 0 Å². The lowest BCUT2D eigenvalue weighted by atomic mass is 9.96. The lowest BCUT2D eigenvalue weighted by molar-refractivity contribution is -0.126. The van der Waals surface area contributed by atoms with Crippen LogP contribution in [-0.2, 0) is 4.79 Å². The first-order valence-corrected chi connectivity index (χ1v) is 6.51. The minimum Gasteiger partial charge on any atom is -0.353 e. The van der Waals surface area contributed by atoms with Gasteiger partial charge in [0.05, 0.1) is 5.92 Å². The first-order valence-electron chi connectivity index (χ1n) is 6.51. The topological polar surface area (TPSA) is 41.1 Å². The van der Waals surface area contributed by atoms with Crippen LogP contribution in [0.25, 0.3) is 0 Å². The molecule has 94 valence electrons. The molecule has 0 radical (unpaired) electrons. The van der Waals surface area contributed by atoms with Crippen molar-refractivity contribution in [3.8, 4) is 0 Å². The number of rotatable bonds is 5. The number of nitrogens with one attached hydrogen (secondary N) is 2. The zero-order valence-corrected chi connectivity index (χ0v) is 11.0. The molecule has 1 fully saturated rings. The van der Waals surface area contributed by atoms with Gasteiger partial charge in [0.1, 0.15) is 0 Å². The Kier molecular flexibility index (Phi) is 5.26. The van der Waals surface area contributed by atoms with Crippen LogP contribution in [0.5, 0.6) is 0 Å². The summed E-state index contributed by atoms with van der Waals surface area (Å²) in [5.41, 5.74) is 0. The van der Waals surface area contributed by atoms with Crippen LogP contribution in [-0.4, -0.2) is 25.0 Å².